The van der Waals surface area contributed by atoms with Crippen LogP contribution < -0.4 is 10.6 Å². The van der Waals surface area contributed by atoms with Crippen LogP contribution in [0.4, 0.5) is 0 Å². The predicted molar refractivity (Wildman–Crippen MR) is 56.2 cm³/mol. The van der Waals surface area contributed by atoms with Crippen LogP contribution in [0.25, 0.3) is 0 Å². The highest BCUT2D eigenvalue weighted by atomic mass is 16.5. The van der Waals surface area contributed by atoms with Gasteiger partial charge in [0, 0.05) is 25.6 Å². The van der Waals surface area contributed by atoms with Gasteiger partial charge >= 0.3 is 0 Å². The third-order valence-corrected chi connectivity index (χ3v) is 2.62. The van der Waals surface area contributed by atoms with Crippen molar-refractivity contribution in [3.8, 4) is 0 Å². The molecule has 0 aromatic rings. The molecule has 1 rings (SSSR count). The Hall–Kier alpha value is -0.420. The molecule has 1 aliphatic heterocycles. The Morgan fingerprint density at radius 1 is 1.64 bits per heavy atom. The molecule has 1 fully saturated rings. The Balaban J connectivity index is 2.25. The summed E-state index contributed by atoms with van der Waals surface area (Å²) in [5, 5.41) is 6.51. The van der Waals surface area contributed by atoms with Crippen molar-refractivity contribution < 1.29 is 9.47 Å². The maximum absolute atomic E-state index is 5.39. The van der Waals surface area contributed by atoms with Gasteiger partial charge in [-0.2, -0.15) is 0 Å². The molecular formula is C10H20N2O2. The van der Waals surface area contributed by atoms with Crippen LogP contribution in [0.3, 0.4) is 0 Å². The molecule has 0 aromatic carbocycles. The first kappa shape index (κ1) is 11.7. The lowest BCUT2D eigenvalue weighted by molar-refractivity contribution is 0.106. The van der Waals surface area contributed by atoms with Crippen molar-refractivity contribution in [2.24, 2.45) is 5.92 Å². The van der Waals surface area contributed by atoms with Gasteiger partial charge in [-0.3, -0.25) is 5.32 Å². The lowest BCUT2D eigenvalue weighted by atomic mass is 10.0. The molecule has 0 aromatic heterocycles. The molecule has 0 amide bonds. The molecule has 0 bridgehead atoms. The Kier molecular flexibility index (Phi) is 5.11. The monoisotopic (exact) mass is 200 g/mol. The first-order chi connectivity index (χ1) is 6.81. The van der Waals surface area contributed by atoms with E-state index < -0.39 is 0 Å². The van der Waals surface area contributed by atoms with Gasteiger partial charge in [-0.1, -0.05) is 6.58 Å². The average molecular weight is 200 g/mol. The molecule has 0 radical (unpaired) electrons. The van der Waals surface area contributed by atoms with Crippen LogP contribution in [-0.4, -0.2) is 46.2 Å². The van der Waals surface area contributed by atoms with Crippen LogP contribution in [0.15, 0.2) is 12.7 Å². The lowest BCUT2D eigenvalue weighted by Gasteiger charge is -2.20. The summed E-state index contributed by atoms with van der Waals surface area (Å²) in [7, 11) is 3.63. The van der Waals surface area contributed by atoms with Crippen LogP contribution in [0.1, 0.15) is 0 Å². The summed E-state index contributed by atoms with van der Waals surface area (Å²) in [6.07, 6.45) is 1.69. The van der Waals surface area contributed by atoms with Gasteiger partial charge in [0.2, 0.25) is 0 Å². The molecule has 1 saturated heterocycles. The van der Waals surface area contributed by atoms with Gasteiger partial charge in [0.25, 0.3) is 0 Å². The van der Waals surface area contributed by atoms with Crippen molar-refractivity contribution in [1.82, 2.24) is 10.6 Å². The van der Waals surface area contributed by atoms with Crippen molar-refractivity contribution in [2.75, 3.05) is 33.9 Å². The van der Waals surface area contributed by atoms with Crippen LogP contribution in [-0.2, 0) is 9.47 Å². The van der Waals surface area contributed by atoms with Gasteiger partial charge in [-0.25, -0.2) is 0 Å². The fourth-order valence-corrected chi connectivity index (χ4v) is 1.65. The molecule has 0 saturated carbocycles. The normalized spacial score (nSPS) is 29.0. The molecular weight excluding hydrogens is 180 g/mol. The summed E-state index contributed by atoms with van der Waals surface area (Å²) >= 11 is 0. The minimum Gasteiger partial charge on any atom is -0.379 e. The van der Waals surface area contributed by atoms with E-state index in [1.165, 1.54) is 0 Å². The highest BCUT2D eigenvalue weighted by Gasteiger charge is 2.26. The standard InChI is InChI=1S/C10H20N2O2/c1-4-10(13-3)12-5-8-6-14-7-9(8)11-2/h4,8-12H,1,5-7H2,2-3H3/t8-,9?,10-/m0/s1. The van der Waals surface area contributed by atoms with Crippen LogP contribution in [0.2, 0.25) is 0 Å². The topological polar surface area (TPSA) is 42.5 Å². The van der Waals surface area contributed by atoms with Crippen molar-refractivity contribution in [1.29, 1.82) is 0 Å². The SMILES string of the molecule is C=C[C@@H](NC[C@H]1COCC1NC)OC. The second-order valence-corrected chi connectivity index (χ2v) is 3.49. The highest BCUT2D eigenvalue weighted by Crippen LogP contribution is 2.12. The minimum absolute atomic E-state index is 0.0619. The van der Waals surface area contributed by atoms with E-state index in [4.69, 9.17) is 9.47 Å². The molecule has 14 heavy (non-hydrogen) atoms. The number of likely N-dealkylation sites (N-methyl/N-ethyl adjacent to an activating group) is 1. The zero-order valence-electron chi connectivity index (χ0n) is 8.95. The number of methoxy groups -OCH3 is 1. The number of hydrogen-bond acceptors (Lipinski definition) is 4. The summed E-state index contributed by atoms with van der Waals surface area (Å²) in [5.41, 5.74) is 0. The van der Waals surface area contributed by atoms with Gasteiger partial charge in [0.1, 0.15) is 6.23 Å². The van der Waals surface area contributed by atoms with E-state index in [-0.39, 0.29) is 6.23 Å². The molecule has 1 unspecified atom stereocenters. The second-order valence-electron chi connectivity index (χ2n) is 3.49. The maximum atomic E-state index is 5.39. The van der Waals surface area contributed by atoms with Crippen molar-refractivity contribution >= 4 is 0 Å². The lowest BCUT2D eigenvalue weighted by Crippen LogP contribution is -2.41. The van der Waals surface area contributed by atoms with Gasteiger partial charge in [-0.15, -0.1) is 0 Å². The summed E-state index contributed by atoms with van der Waals surface area (Å²) in [6, 6.07) is 0.449. The molecule has 0 spiro atoms. The van der Waals surface area contributed by atoms with Gasteiger partial charge in [0.15, 0.2) is 0 Å². The van der Waals surface area contributed by atoms with Crippen molar-refractivity contribution in [3.63, 3.8) is 0 Å². The molecule has 1 aliphatic rings. The summed E-state index contributed by atoms with van der Waals surface area (Å²) in [4.78, 5) is 0. The first-order valence-electron chi connectivity index (χ1n) is 4.95. The second kappa shape index (κ2) is 6.14. The van der Waals surface area contributed by atoms with E-state index in [1.54, 1.807) is 13.2 Å². The minimum atomic E-state index is -0.0619. The van der Waals surface area contributed by atoms with E-state index >= 15 is 0 Å². The average Bonchev–Trinajstić information content (AvgIpc) is 2.67. The smallest absolute Gasteiger partial charge is 0.126 e. The first-order valence-corrected chi connectivity index (χ1v) is 4.95. The summed E-state index contributed by atoms with van der Waals surface area (Å²) < 4.78 is 10.5. The molecule has 1 heterocycles. The Labute approximate surface area is 85.7 Å². The molecule has 0 aliphatic carbocycles. The van der Waals surface area contributed by atoms with E-state index in [0.29, 0.717) is 12.0 Å². The van der Waals surface area contributed by atoms with Crippen molar-refractivity contribution in [3.05, 3.63) is 12.7 Å². The molecule has 82 valence electrons. The summed E-state index contributed by atoms with van der Waals surface area (Å²) in [6.45, 7) is 6.18. The van der Waals surface area contributed by atoms with Gasteiger partial charge in [-0.05, 0) is 13.1 Å². The third-order valence-electron chi connectivity index (χ3n) is 2.62. The number of nitrogens with one attached hydrogen (secondary N) is 2. The Morgan fingerprint density at radius 2 is 2.43 bits per heavy atom. The number of rotatable bonds is 6. The molecule has 4 heteroatoms. The predicted octanol–water partition coefficient (Wildman–Crippen LogP) is -0.0311. The van der Waals surface area contributed by atoms with E-state index in [2.05, 4.69) is 17.2 Å². The fourth-order valence-electron chi connectivity index (χ4n) is 1.65. The zero-order valence-corrected chi connectivity index (χ0v) is 8.95. The number of hydrogen-bond donors (Lipinski definition) is 2. The zero-order chi connectivity index (χ0) is 10.4. The quantitative estimate of drug-likeness (QED) is 0.467. The molecule has 4 nitrogen and oxygen atoms in total. The van der Waals surface area contributed by atoms with Crippen LogP contribution in [0, 0.1) is 5.92 Å². The van der Waals surface area contributed by atoms with E-state index in [1.807, 2.05) is 7.05 Å². The van der Waals surface area contributed by atoms with Gasteiger partial charge < -0.3 is 14.8 Å². The third kappa shape index (κ3) is 3.06. The fraction of sp³-hybridized carbons (Fsp3) is 0.800. The van der Waals surface area contributed by atoms with Crippen molar-refractivity contribution in [2.45, 2.75) is 12.3 Å². The van der Waals surface area contributed by atoms with Gasteiger partial charge in [0.05, 0.1) is 13.2 Å². The highest BCUT2D eigenvalue weighted by molar-refractivity contribution is 4.84. The van der Waals surface area contributed by atoms with Crippen LogP contribution in [0.5, 0.6) is 0 Å². The maximum Gasteiger partial charge on any atom is 0.126 e. The van der Waals surface area contributed by atoms with E-state index in [0.717, 1.165) is 19.8 Å². The summed E-state index contributed by atoms with van der Waals surface area (Å²) in [5.74, 6) is 0.512. The Bertz CT molecular complexity index is 176. The largest absolute Gasteiger partial charge is 0.379 e. The molecule has 2 N–H and O–H groups in total. The Morgan fingerprint density at radius 3 is 3.00 bits per heavy atom. The molecule has 3 atom stereocenters. The number of ether oxygens (including phenoxy) is 2. The van der Waals surface area contributed by atoms with Crippen LogP contribution >= 0.6 is 0 Å². The van der Waals surface area contributed by atoms with E-state index in [9.17, 15) is 0 Å².